The van der Waals surface area contributed by atoms with E-state index in [4.69, 9.17) is 4.74 Å². The van der Waals surface area contributed by atoms with E-state index >= 15 is 0 Å². The standard InChI is InChI=1S/C16H22N2OS/c1-14-16(20-13-18-14)8-11-19-10-5-9-17-12-15-6-3-2-4-7-15/h2-4,6-7,13,17H,5,8-12H2,1H3. The SMILES string of the molecule is Cc1ncsc1CCOCCCNCc1ccccc1. The molecular formula is C16H22N2OS. The Morgan fingerprint density at radius 1 is 1.20 bits per heavy atom. The predicted molar refractivity (Wildman–Crippen MR) is 84.1 cm³/mol. The zero-order valence-electron chi connectivity index (χ0n) is 12.0. The van der Waals surface area contributed by atoms with Gasteiger partial charge in [-0.15, -0.1) is 11.3 Å². The van der Waals surface area contributed by atoms with E-state index in [-0.39, 0.29) is 0 Å². The van der Waals surface area contributed by atoms with Crippen molar-refractivity contribution in [3.63, 3.8) is 0 Å². The number of hydrogen-bond acceptors (Lipinski definition) is 4. The maximum absolute atomic E-state index is 5.65. The summed E-state index contributed by atoms with van der Waals surface area (Å²) in [6, 6.07) is 10.5. The molecule has 0 spiro atoms. The van der Waals surface area contributed by atoms with E-state index in [2.05, 4.69) is 41.5 Å². The first-order valence-corrected chi connectivity index (χ1v) is 7.95. The van der Waals surface area contributed by atoms with Gasteiger partial charge in [0.05, 0.1) is 17.8 Å². The van der Waals surface area contributed by atoms with Gasteiger partial charge in [-0.3, -0.25) is 0 Å². The molecule has 0 saturated carbocycles. The van der Waals surface area contributed by atoms with E-state index in [0.717, 1.165) is 44.8 Å². The molecule has 0 fully saturated rings. The van der Waals surface area contributed by atoms with Crippen LogP contribution in [0.2, 0.25) is 0 Å². The Balaban J connectivity index is 1.45. The molecule has 20 heavy (non-hydrogen) atoms. The molecule has 2 rings (SSSR count). The lowest BCUT2D eigenvalue weighted by Crippen LogP contribution is -2.16. The number of benzene rings is 1. The zero-order chi connectivity index (χ0) is 14.0. The van der Waals surface area contributed by atoms with E-state index in [0.29, 0.717) is 0 Å². The Hall–Kier alpha value is -1.23. The van der Waals surface area contributed by atoms with Crippen molar-refractivity contribution in [2.75, 3.05) is 19.8 Å². The van der Waals surface area contributed by atoms with Gasteiger partial charge in [0.15, 0.2) is 0 Å². The fourth-order valence-electron chi connectivity index (χ4n) is 1.96. The third-order valence-corrected chi connectivity index (χ3v) is 4.13. The number of thiazole rings is 1. The Bertz CT molecular complexity index is 484. The number of hydrogen-bond donors (Lipinski definition) is 1. The molecule has 3 nitrogen and oxygen atoms in total. The van der Waals surface area contributed by atoms with Crippen LogP contribution in [0.3, 0.4) is 0 Å². The second-order valence-corrected chi connectivity index (χ2v) is 5.68. The van der Waals surface area contributed by atoms with Crippen LogP contribution in [-0.4, -0.2) is 24.7 Å². The number of ether oxygens (including phenoxy) is 1. The highest BCUT2D eigenvalue weighted by Crippen LogP contribution is 2.12. The molecule has 108 valence electrons. The smallest absolute Gasteiger partial charge is 0.0797 e. The fourth-order valence-corrected chi connectivity index (χ4v) is 2.72. The van der Waals surface area contributed by atoms with Crippen molar-refractivity contribution in [1.82, 2.24) is 10.3 Å². The van der Waals surface area contributed by atoms with Gasteiger partial charge in [0.2, 0.25) is 0 Å². The fraction of sp³-hybridized carbons (Fsp3) is 0.438. The largest absolute Gasteiger partial charge is 0.381 e. The molecule has 2 aromatic rings. The van der Waals surface area contributed by atoms with E-state index < -0.39 is 0 Å². The van der Waals surface area contributed by atoms with Gasteiger partial charge in [-0.1, -0.05) is 30.3 Å². The summed E-state index contributed by atoms with van der Waals surface area (Å²) < 4.78 is 5.65. The molecule has 0 saturated heterocycles. The van der Waals surface area contributed by atoms with Gasteiger partial charge in [-0.25, -0.2) is 4.98 Å². The number of rotatable bonds is 9. The Labute approximate surface area is 125 Å². The normalized spacial score (nSPS) is 10.8. The summed E-state index contributed by atoms with van der Waals surface area (Å²) in [4.78, 5) is 5.58. The highest BCUT2D eigenvalue weighted by molar-refractivity contribution is 7.09. The monoisotopic (exact) mass is 290 g/mol. The van der Waals surface area contributed by atoms with Crippen LogP contribution in [0, 0.1) is 6.92 Å². The van der Waals surface area contributed by atoms with Gasteiger partial charge in [-0.2, -0.15) is 0 Å². The zero-order valence-corrected chi connectivity index (χ0v) is 12.8. The summed E-state index contributed by atoms with van der Waals surface area (Å²) in [5.41, 5.74) is 4.37. The van der Waals surface area contributed by atoms with Crippen molar-refractivity contribution in [2.45, 2.75) is 26.3 Å². The molecule has 1 N–H and O–H groups in total. The first kappa shape index (κ1) is 15.2. The highest BCUT2D eigenvalue weighted by Gasteiger charge is 2.00. The molecule has 4 heteroatoms. The summed E-state index contributed by atoms with van der Waals surface area (Å²) in [5, 5.41) is 3.43. The molecule has 0 unspecified atom stereocenters. The van der Waals surface area contributed by atoms with Crippen LogP contribution in [0.5, 0.6) is 0 Å². The Kier molecular flexibility index (Phi) is 6.71. The maximum Gasteiger partial charge on any atom is 0.0797 e. The van der Waals surface area contributed by atoms with Crippen LogP contribution < -0.4 is 5.32 Å². The van der Waals surface area contributed by atoms with Crippen LogP contribution in [-0.2, 0) is 17.7 Å². The summed E-state index contributed by atoms with van der Waals surface area (Å²) in [7, 11) is 0. The quantitative estimate of drug-likeness (QED) is 0.720. The second kappa shape index (κ2) is 8.84. The van der Waals surface area contributed by atoms with Crippen LogP contribution in [0.1, 0.15) is 22.6 Å². The van der Waals surface area contributed by atoms with Crippen LogP contribution in [0.4, 0.5) is 0 Å². The average Bonchev–Trinajstić information content (AvgIpc) is 2.88. The van der Waals surface area contributed by atoms with Crippen LogP contribution in [0.15, 0.2) is 35.8 Å². The minimum absolute atomic E-state index is 0.793. The van der Waals surface area contributed by atoms with Crippen LogP contribution in [0.25, 0.3) is 0 Å². The second-order valence-electron chi connectivity index (χ2n) is 4.74. The molecule has 0 radical (unpaired) electrons. The average molecular weight is 290 g/mol. The first-order valence-electron chi connectivity index (χ1n) is 7.07. The van der Waals surface area contributed by atoms with Crippen molar-refractivity contribution in [2.24, 2.45) is 0 Å². The maximum atomic E-state index is 5.65. The van der Waals surface area contributed by atoms with E-state index in [1.54, 1.807) is 11.3 Å². The van der Waals surface area contributed by atoms with Crippen molar-refractivity contribution < 1.29 is 4.74 Å². The third-order valence-electron chi connectivity index (χ3n) is 3.13. The van der Waals surface area contributed by atoms with E-state index in [9.17, 15) is 0 Å². The molecule has 0 atom stereocenters. The van der Waals surface area contributed by atoms with Crippen molar-refractivity contribution in [1.29, 1.82) is 0 Å². The van der Waals surface area contributed by atoms with E-state index in [1.807, 2.05) is 11.6 Å². The number of nitrogens with zero attached hydrogens (tertiary/aromatic N) is 1. The van der Waals surface area contributed by atoms with Crippen molar-refractivity contribution in [3.8, 4) is 0 Å². The molecule has 0 bridgehead atoms. The van der Waals surface area contributed by atoms with Gasteiger partial charge in [-0.05, 0) is 25.5 Å². The summed E-state index contributed by atoms with van der Waals surface area (Å²) in [5.74, 6) is 0. The predicted octanol–water partition coefficient (Wildman–Crippen LogP) is 3.19. The third kappa shape index (κ3) is 5.41. The lowest BCUT2D eigenvalue weighted by Gasteiger charge is -2.06. The van der Waals surface area contributed by atoms with Gasteiger partial charge in [0, 0.05) is 24.4 Å². The Morgan fingerprint density at radius 2 is 2.05 bits per heavy atom. The van der Waals surface area contributed by atoms with E-state index in [1.165, 1.54) is 10.4 Å². The molecule has 0 aliphatic carbocycles. The first-order chi connectivity index (χ1) is 9.86. The lowest BCUT2D eigenvalue weighted by atomic mass is 10.2. The molecule has 1 aromatic heterocycles. The summed E-state index contributed by atoms with van der Waals surface area (Å²) >= 11 is 1.72. The number of nitrogens with one attached hydrogen (secondary N) is 1. The topological polar surface area (TPSA) is 34.1 Å². The van der Waals surface area contributed by atoms with Gasteiger partial charge >= 0.3 is 0 Å². The van der Waals surface area contributed by atoms with Gasteiger partial charge < -0.3 is 10.1 Å². The number of aryl methyl sites for hydroxylation is 1. The molecule has 1 aromatic carbocycles. The molecule has 0 aliphatic heterocycles. The van der Waals surface area contributed by atoms with Crippen molar-refractivity contribution in [3.05, 3.63) is 52.0 Å². The van der Waals surface area contributed by atoms with Gasteiger partial charge in [0.25, 0.3) is 0 Å². The van der Waals surface area contributed by atoms with Crippen LogP contribution >= 0.6 is 11.3 Å². The highest BCUT2D eigenvalue weighted by atomic mass is 32.1. The molecule has 0 aliphatic rings. The Morgan fingerprint density at radius 3 is 2.80 bits per heavy atom. The summed E-state index contributed by atoms with van der Waals surface area (Å²) in [6.45, 7) is 5.59. The van der Waals surface area contributed by atoms with Gasteiger partial charge in [0.1, 0.15) is 0 Å². The minimum Gasteiger partial charge on any atom is -0.381 e. The minimum atomic E-state index is 0.793. The summed E-state index contributed by atoms with van der Waals surface area (Å²) in [6.07, 6.45) is 2.03. The lowest BCUT2D eigenvalue weighted by molar-refractivity contribution is 0.135. The molecule has 1 heterocycles. The number of aromatic nitrogens is 1. The molecule has 0 amide bonds. The van der Waals surface area contributed by atoms with Crippen molar-refractivity contribution >= 4 is 11.3 Å². The molecular weight excluding hydrogens is 268 g/mol.